The average molecular weight is 437 g/mol. The zero-order valence-corrected chi connectivity index (χ0v) is 17.6. The van der Waals surface area contributed by atoms with Crippen molar-refractivity contribution in [3.8, 4) is 5.75 Å². The fraction of sp³-hybridized carbons (Fsp3) is 0.167. The lowest BCUT2D eigenvalue weighted by Gasteiger charge is -2.24. The number of ether oxygens (including phenoxy) is 1. The molecule has 0 spiro atoms. The summed E-state index contributed by atoms with van der Waals surface area (Å²) in [5.41, 5.74) is -0.181. The summed E-state index contributed by atoms with van der Waals surface area (Å²) in [5, 5.41) is 14.7. The summed E-state index contributed by atoms with van der Waals surface area (Å²) in [6.45, 7) is 2.05. The molecule has 1 heterocycles. The fourth-order valence-corrected chi connectivity index (χ4v) is 3.96. The van der Waals surface area contributed by atoms with E-state index >= 15 is 0 Å². The summed E-state index contributed by atoms with van der Waals surface area (Å²) in [4.78, 5) is 27.5. The number of amides is 2. The highest BCUT2D eigenvalue weighted by molar-refractivity contribution is 6.30. The fourth-order valence-electron chi connectivity index (χ4n) is 3.77. The van der Waals surface area contributed by atoms with E-state index in [1.54, 1.807) is 66.7 Å². The summed E-state index contributed by atoms with van der Waals surface area (Å²) in [6.07, 6.45) is 0. The minimum atomic E-state index is -1.93. The number of hydrogen-bond acceptors (Lipinski definition) is 4. The lowest BCUT2D eigenvalue weighted by molar-refractivity contribution is -0.133. The van der Waals surface area contributed by atoms with Gasteiger partial charge in [-0.2, -0.15) is 0 Å². The molecule has 7 heteroatoms. The maximum atomic E-state index is 13.4. The molecule has 0 saturated carbocycles. The topological polar surface area (TPSA) is 78.9 Å². The Balaban J connectivity index is 1.64. The molecule has 1 aliphatic heterocycles. The highest BCUT2D eigenvalue weighted by atomic mass is 35.5. The second kappa shape index (κ2) is 8.41. The SMILES string of the molecule is CCOc1ccccc1NC(=O)CN1C(=O)[C@@](O)(c2cccc(Cl)c2)c2ccccc21. The number of hydrogen-bond donors (Lipinski definition) is 2. The predicted octanol–water partition coefficient (Wildman–Crippen LogP) is 3.96. The molecule has 0 radical (unpaired) electrons. The van der Waals surface area contributed by atoms with Crippen LogP contribution in [0.2, 0.25) is 5.02 Å². The molecule has 0 saturated heterocycles. The zero-order valence-electron chi connectivity index (χ0n) is 16.8. The van der Waals surface area contributed by atoms with Crippen molar-refractivity contribution in [2.45, 2.75) is 12.5 Å². The van der Waals surface area contributed by atoms with E-state index in [1.165, 1.54) is 4.90 Å². The molecule has 1 atom stereocenters. The second-order valence-electron chi connectivity index (χ2n) is 7.11. The molecule has 0 aliphatic carbocycles. The molecule has 0 fully saturated rings. The number of rotatable bonds is 6. The lowest BCUT2D eigenvalue weighted by atomic mass is 9.87. The van der Waals surface area contributed by atoms with E-state index in [0.717, 1.165) is 0 Å². The normalized spacial score (nSPS) is 17.4. The number of halogens is 1. The highest BCUT2D eigenvalue weighted by Gasteiger charge is 2.51. The van der Waals surface area contributed by atoms with Crippen LogP contribution in [0.4, 0.5) is 11.4 Å². The van der Waals surface area contributed by atoms with Crippen LogP contribution >= 0.6 is 11.6 Å². The summed E-state index contributed by atoms with van der Waals surface area (Å²) in [7, 11) is 0. The predicted molar refractivity (Wildman–Crippen MR) is 119 cm³/mol. The Morgan fingerprint density at radius 3 is 2.61 bits per heavy atom. The minimum absolute atomic E-state index is 0.265. The third-order valence-corrected chi connectivity index (χ3v) is 5.38. The first-order valence-electron chi connectivity index (χ1n) is 9.86. The minimum Gasteiger partial charge on any atom is -0.492 e. The van der Waals surface area contributed by atoms with Crippen molar-refractivity contribution in [1.82, 2.24) is 0 Å². The van der Waals surface area contributed by atoms with Crippen molar-refractivity contribution in [2.24, 2.45) is 0 Å². The molecule has 31 heavy (non-hydrogen) atoms. The molecule has 1 aliphatic rings. The molecule has 2 amide bonds. The van der Waals surface area contributed by atoms with E-state index in [-0.39, 0.29) is 6.54 Å². The van der Waals surface area contributed by atoms with Crippen molar-refractivity contribution < 1.29 is 19.4 Å². The monoisotopic (exact) mass is 436 g/mol. The maximum Gasteiger partial charge on any atom is 0.268 e. The van der Waals surface area contributed by atoms with Crippen LogP contribution in [0, 0.1) is 0 Å². The summed E-state index contributed by atoms with van der Waals surface area (Å²) in [6, 6.07) is 20.5. The first kappa shape index (κ1) is 20.9. The Morgan fingerprint density at radius 2 is 1.84 bits per heavy atom. The largest absolute Gasteiger partial charge is 0.492 e. The van der Waals surface area contributed by atoms with E-state index in [0.29, 0.717) is 39.9 Å². The number of para-hydroxylation sites is 3. The highest BCUT2D eigenvalue weighted by Crippen LogP contribution is 2.44. The van der Waals surface area contributed by atoms with Crippen molar-refractivity contribution in [2.75, 3.05) is 23.4 Å². The van der Waals surface area contributed by atoms with E-state index in [1.807, 2.05) is 13.0 Å². The van der Waals surface area contributed by atoms with Crippen LogP contribution in [0.25, 0.3) is 0 Å². The van der Waals surface area contributed by atoms with Crippen LogP contribution in [0.15, 0.2) is 72.8 Å². The van der Waals surface area contributed by atoms with Crippen LogP contribution in [0.1, 0.15) is 18.1 Å². The molecule has 6 nitrogen and oxygen atoms in total. The Kier molecular flexibility index (Phi) is 5.67. The van der Waals surface area contributed by atoms with Gasteiger partial charge in [0.2, 0.25) is 5.91 Å². The Bertz CT molecular complexity index is 1150. The molecule has 0 unspecified atom stereocenters. The number of aliphatic hydroxyl groups is 1. The number of nitrogens with one attached hydrogen (secondary N) is 1. The first-order chi connectivity index (χ1) is 14.9. The Hall–Kier alpha value is -3.35. The van der Waals surface area contributed by atoms with E-state index < -0.39 is 17.4 Å². The number of fused-ring (bicyclic) bond motifs is 1. The van der Waals surface area contributed by atoms with Crippen LogP contribution < -0.4 is 15.0 Å². The summed E-state index contributed by atoms with van der Waals surface area (Å²) >= 11 is 6.10. The first-order valence-corrected chi connectivity index (χ1v) is 10.2. The smallest absolute Gasteiger partial charge is 0.268 e. The number of anilines is 2. The van der Waals surface area contributed by atoms with Crippen molar-refractivity contribution >= 4 is 34.8 Å². The molecule has 4 rings (SSSR count). The quantitative estimate of drug-likeness (QED) is 0.613. The van der Waals surface area contributed by atoms with Crippen molar-refractivity contribution in [1.29, 1.82) is 0 Å². The van der Waals surface area contributed by atoms with Crippen LogP contribution in [-0.4, -0.2) is 30.1 Å². The number of nitrogens with zero attached hydrogens (tertiary/aromatic N) is 1. The molecular weight excluding hydrogens is 416 g/mol. The Morgan fingerprint density at radius 1 is 1.10 bits per heavy atom. The molecular formula is C24H21ClN2O4. The zero-order chi connectivity index (χ0) is 22.0. The van der Waals surface area contributed by atoms with Crippen LogP contribution in [0.5, 0.6) is 5.75 Å². The van der Waals surface area contributed by atoms with Gasteiger partial charge in [0, 0.05) is 10.6 Å². The van der Waals surface area contributed by atoms with Gasteiger partial charge < -0.3 is 15.2 Å². The molecule has 0 aromatic heterocycles. The number of carbonyl (C=O) groups is 2. The van der Waals surface area contributed by atoms with Crippen LogP contribution in [-0.2, 0) is 15.2 Å². The number of carbonyl (C=O) groups excluding carboxylic acids is 2. The van der Waals surface area contributed by atoms with Gasteiger partial charge in [-0.3, -0.25) is 14.5 Å². The van der Waals surface area contributed by atoms with Gasteiger partial charge in [-0.15, -0.1) is 0 Å². The van der Waals surface area contributed by atoms with Gasteiger partial charge in [-0.1, -0.05) is 54.1 Å². The third-order valence-electron chi connectivity index (χ3n) is 5.14. The van der Waals surface area contributed by atoms with Crippen LogP contribution in [0.3, 0.4) is 0 Å². The van der Waals surface area contributed by atoms with E-state index in [2.05, 4.69) is 5.32 Å². The Labute approximate surface area is 185 Å². The maximum absolute atomic E-state index is 13.4. The van der Waals surface area contributed by atoms with Gasteiger partial charge in [0.05, 0.1) is 18.0 Å². The van der Waals surface area contributed by atoms with Crippen molar-refractivity contribution in [3.63, 3.8) is 0 Å². The average Bonchev–Trinajstić information content (AvgIpc) is 2.98. The standard InChI is InChI=1S/C24H21ClN2O4/c1-2-31-21-13-6-4-11-19(21)26-22(28)15-27-20-12-5-3-10-18(20)24(30,23(27)29)16-8-7-9-17(25)14-16/h3-14,30H,2,15H2,1H3,(H,26,28)/t24-/m1/s1. The summed E-state index contributed by atoms with van der Waals surface area (Å²) < 4.78 is 5.54. The molecule has 3 aromatic rings. The number of benzene rings is 3. The molecule has 158 valence electrons. The lowest BCUT2D eigenvalue weighted by Crippen LogP contribution is -2.44. The van der Waals surface area contributed by atoms with Crippen molar-refractivity contribution in [3.05, 3.63) is 88.9 Å². The molecule has 2 N–H and O–H groups in total. The molecule has 3 aromatic carbocycles. The van der Waals surface area contributed by atoms with Gasteiger partial charge >= 0.3 is 0 Å². The third kappa shape index (κ3) is 3.76. The van der Waals surface area contributed by atoms with Gasteiger partial charge in [0.1, 0.15) is 12.3 Å². The van der Waals surface area contributed by atoms with E-state index in [9.17, 15) is 14.7 Å². The van der Waals surface area contributed by atoms with E-state index in [4.69, 9.17) is 16.3 Å². The van der Waals surface area contributed by atoms with Gasteiger partial charge in [-0.25, -0.2) is 0 Å². The second-order valence-corrected chi connectivity index (χ2v) is 7.54. The van der Waals surface area contributed by atoms with Gasteiger partial charge in [0.25, 0.3) is 5.91 Å². The molecule has 0 bridgehead atoms. The summed E-state index contributed by atoms with van der Waals surface area (Å²) in [5.74, 6) is -0.475. The van der Waals surface area contributed by atoms with Gasteiger partial charge in [-0.05, 0) is 42.8 Å². The van der Waals surface area contributed by atoms with Gasteiger partial charge in [0.15, 0.2) is 5.60 Å².